The Bertz CT molecular complexity index is 515. The Morgan fingerprint density at radius 2 is 1.68 bits per heavy atom. The Morgan fingerprint density at radius 3 is 2.32 bits per heavy atom. The van der Waals surface area contributed by atoms with Crippen LogP contribution >= 0.6 is 27.7 Å². The second-order valence-electron chi connectivity index (χ2n) is 4.45. The Kier molecular flexibility index (Phi) is 5.49. The number of hydrogen-bond acceptors (Lipinski definition) is 2. The van der Waals surface area contributed by atoms with Crippen molar-refractivity contribution in [1.82, 2.24) is 0 Å². The van der Waals surface area contributed by atoms with Gasteiger partial charge in [-0.15, -0.1) is 11.8 Å². The molecule has 0 aliphatic heterocycles. The Balaban J connectivity index is 2.29. The topological polar surface area (TPSA) is 26.0 Å². The van der Waals surface area contributed by atoms with Gasteiger partial charge in [-0.3, -0.25) is 0 Å². The van der Waals surface area contributed by atoms with Gasteiger partial charge < -0.3 is 5.73 Å². The Morgan fingerprint density at radius 1 is 1.05 bits per heavy atom. The summed E-state index contributed by atoms with van der Waals surface area (Å²) < 4.78 is 1.13. The predicted octanol–water partition coefficient (Wildman–Crippen LogP) is 5.02. The van der Waals surface area contributed by atoms with E-state index in [0.29, 0.717) is 0 Å². The van der Waals surface area contributed by atoms with Crippen molar-refractivity contribution in [3.63, 3.8) is 0 Å². The molecule has 2 aromatic carbocycles. The summed E-state index contributed by atoms with van der Waals surface area (Å²) in [6, 6.07) is 18.9. The third kappa shape index (κ3) is 3.85. The number of halogens is 1. The second-order valence-corrected chi connectivity index (χ2v) is 6.51. The van der Waals surface area contributed by atoms with Gasteiger partial charge in [0.15, 0.2) is 0 Å². The van der Waals surface area contributed by atoms with Crippen molar-refractivity contribution < 1.29 is 0 Å². The van der Waals surface area contributed by atoms with Crippen molar-refractivity contribution in [3.05, 3.63) is 64.6 Å². The molecule has 2 N–H and O–H groups in total. The van der Waals surface area contributed by atoms with Gasteiger partial charge in [-0.05, 0) is 30.2 Å². The summed E-state index contributed by atoms with van der Waals surface area (Å²) in [4.78, 5) is 1.26. The molecule has 0 heterocycles. The number of benzene rings is 2. The predicted molar refractivity (Wildman–Crippen MR) is 87.4 cm³/mol. The summed E-state index contributed by atoms with van der Waals surface area (Å²) in [5.41, 5.74) is 7.59. The maximum Gasteiger partial charge on any atom is 0.0506 e. The molecule has 0 aliphatic carbocycles. The minimum Gasteiger partial charge on any atom is -0.326 e. The highest BCUT2D eigenvalue weighted by Crippen LogP contribution is 2.40. The van der Waals surface area contributed by atoms with E-state index in [1.54, 1.807) is 0 Å². The van der Waals surface area contributed by atoms with Gasteiger partial charge in [-0.1, -0.05) is 59.3 Å². The van der Waals surface area contributed by atoms with E-state index in [-0.39, 0.29) is 11.3 Å². The van der Waals surface area contributed by atoms with Crippen LogP contribution in [-0.2, 0) is 0 Å². The van der Waals surface area contributed by atoms with Gasteiger partial charge in [0.1, 0.15) is 0 Å². The van der Waals surface area contributed by atoms with Crippen LogP contribution in [0.2, 0.25) is 0 Å². The van der Waals surface area contributed by atoms with Crippen molar-refractivity contribution in [2.45, 2.75) is 29.5 Å². The molecule has 0 amide bonds. The number of rotatable bonds is 5. The zero-order valence-electron chi connectivity index (χ0n) is 10.9. The van der Waals surface area contributed by atoms with Gasteiger partial charge in [-0.25, -0.2) is 0 Å². The van der Waals surface area contributed by atoms with Gasteiger partial charge in [0.25, 0.3) is 0 Å². The number of nitrogens with two attached hydrogens (primary N) is 1. The molecule has 0 saturated carbocycles. The first-order chi connectivity index (χ1) is 9.22. The van der Waals surface area contributed by atoms with E-state index in [1.165, 1.54) is 10.5 Å². The Labute approximate surface area is 127 Å². The molecule has 100 valence electrons. The van der Waals surface area contributed by atoms with Gasteiger partial charge in [0.2, 0.25) is 0 Å². The van der Waals surface area contributed by atoms with Crippen LogP contribution in [0, 0.1) is 0 Å². The summed E-state index contributed by atoms with van der Waals surface area (Å²) in [5.74, 6) is 0. The summed E-state index contributed by atoms with van der Waals surface area (Å²) >= 11 is 5.47. The van der Waals surface area contributed by atoms with Crippen molar-refractivity contribution in [3.8, 4) is 0 Å². The third-order valence-electron chi connectivity index (χ3n) is 3.08. The van der Waals surface area contributed by atoms with E-state index in [4.69, 9.17) is 5.73 Å². The van der Waals surface area contributed by atoms with Crippen LogP contribution < -0.4 is 5.73 Å². The molecule has 0 aliphatic rings. The largest absolute Gasteiger partial charge is 0.326 e. The van der Waals surface area contributed by atoms with Crippen molar-refractivity contribution >= 4 is 27.7 Å². The number of thioether (sulfide) groups is 1. The molecule has 2 unspecified atom stereocenters. The van der Waals surface area contributed by atoms with E-state index in [0.717, 1.165) is 10.9 Å². The molecule has 1 nitrogen and oxygen atoms in total. The highest BCUT2D eigenvalue weighted by atomic mass is 79.9. The lowest BCUT2D eigenvalue weighted by Gasteiger charge is -2.24. The summed E-state index contributed by atoms with van der Waals surface area (Å²) in [7, 11) is 0. The molecule has 2 aromatic rings. The lowest BCUT2D eigenvalue weighted by Crippen LogP contribution is -2.25. The van der Waals surface area contributed by atoms with E-state index in [2.05, 4.69) is 65.3 Å². The molecule has 19 heavy (non-hydrogen) atoms. The fraction of sp³-hybridized carbons (Fsp3) is 0.250. The van der Waals surface area contributed by atoms with E-state index >= 15 is 0 Å². The second kappa shape index (κ2) is 7.13. The molecule has 0 saturated heterocycles. The lowest BCUT2D eigenvalue weighted by molar-refractivity contribution is 0.633. The van der Waals surface area contributed by atoms with E-state index in [1.807, 2.05) is 23.9 Å². The average molecular weight is 336 g/mol. The maximum atomic E-state index is 6.32. The van der Waals surface area contributed by atoms with E-state index < -0.39 is 0 Å². The van der Waals surface area contributed by atoms with Crippen LogP contribution in [0.15, 0.2) is 64.0 Å². The summed E-state index contributed by atoms with van der Waals surface area (Å²) in [6.07, 6.45) is 0.964. The smallest absolute Gasteiger partial charge is 0.0506 e. The van der Waals surface area contributed by atoms with Gasteiger partial charge >= 0.3 is 0 Å². The molecular formula is C16H18BrNS. The van der Waals surface area contributed by atoms with Crippen LogP contribution in [0.25, 0.3) is 0 Å². The van der Waals surface area contributed by atoms with Crippen LogP contribution in [0.3, 0.4) is 0 Å². The third-order valence-corrected chi connectivity index (χ3v) is 5.20. The summed E-state index contributed by atoms with van der Waals surface area (Å²) in [6.45, 7) is 2.14. The lowest BCUT2D eigenvalue weighted by atomic mass is 10.0. The molecular weight excluding hydrogens is 318 g/mol. The molecule has 2 rings (SSSR count). The zero-order valence-corrected chi connectivity index (χ0v) is 13.3. The van der Waals surface area contributed by atoms with Crippen LogP contribution in [0.5, 0.6) is 0 Å². The average Bonchev–Trinajstić information content (AvgIpc) is 2.46. The van der Waals surface area contributed by atoms with Crippen molar-refractivity contribution in [2.75, 3.05) is 0 Å². The Hall–Kier alpha value is -0.770. The van der Waals surface area contributed by atoms with Crippen molar-refractivity contribution in [2.24, 2.45) is 5.73 Å². The first kappa shape index (κ1) is 14.6. The van der Waals surface area contributed by atoms with Crippen LogP contribution in [0.1, 0.15) is 24.2 Å². The first-order valence-electron chi connectivity index (χ1n) is 6.44. The van der Waals surface area contributed by atoms with Gasteiger partial charge in [-0.2, -0.15) is 0 Å². The molecule has 0 radical (unpaired) electrons. The number of hydrogen-bond donors (Lipinski definition) is 1. The quantitative estimate of drug-likeness (QED) is 0.776. The standard InChI is InChI=1S/C16H18BrNS/c1-2-15(18)16(13-10-6-7-11-14(13)17)19-12-8-4-3-5-9-12/h3-11,15-16H,2,18H2,1H3. The van der Waals surface area contributed by atoms with Gasteiger partial charge in [0, 0.05) is 15.4 Å². The minimum atomic E-state index is 0.143. The summed E-state index contributed by atoms with van der Waals surface area (Å²) in [5, 5.41) is 0.267. The molecule has 0 aromatic heterocycles. The van der Waals surface area contributed by atoms with Crippen LogP contribution in [0.4, 0.5) is 0 Å². The molecule has 0 spiro atoms. The van der Waals surface area contributed by atoms with E-state index in [9.17, 15) is 0 Å². The zero-order chi connectivity index (χ0) is 13.7. The molecule has 3 heteroatoms. The highest BCUT2D eigenvalue weighted by molar-refractivity contribution is 9.10. The first-order valence-corrected chi connectivity index (χ1v) is 8.11. The minimum absolute atomic E-state index is 0.143. The van der Waals surface area contributed by atoms with Crippen LogP contribution in [-0.4, -0.2) is 6.04 Å². The fourth-order valence-corrected chi connectivity index (χ4v) is 3.94. The normalized spacial score (nSPS) is 14.1. The SMILES string of the molecule is CCC(N)C(Sc1ccccc1)c1ccccc1Br. The maximum absolute atomic E-state index is 6.32. The highest BCUT2D eigenvalue weighted by Gasteiger charge is 2.21. The molecule has 0 fully saturated rings. The monoisotopic (exact) mass is 335 g/mol. The van der Waals surface area contributed by atoms with Crippen molar-refractivity contribution in [1.29, 1.82) is 0 Å². The molecule has 0 bridgehead atoms. The van der Waals surface area contributed by atoms with Gasteiger partial charge in [0.05, 0.1) is 5.25 Å². The molecule has 2 atom stereocenters. The fourth-order valence-electron chi connectivity index (χ4n) is 1.95.